The maximum absolute atomic E-state index is 12.1. The number of carbonyl (C=O) groups excluding carboxylic acids is 1. The van der Waals surface area contributed by atoms with E-state index in [1.54, 1.807) is 7.11 Å². The van der Waals surface area contributed by atoms with Crippen molar-refractivity contribution in [2.75, 3.05) is 26.9 Å². The SMILES string of the molecule is COCCn1cccc1C(=O)NCC1(CCO)CC1. The number of hydrogen-bond donors (Lipinski definition) is 2. The van der Waals surface area contributed by atoms with Gasteiger partial charge in [0.25, 0.3) is 5.91 Å². The Kier molecular flexibility index (Phi) is 4.61. The second-order valence-corrected chi connectivity index (χ2v) is 5.24. The van der Waals surface area contributed by atoms with Crippen LogP contribution in [0.5, 0.6) is 0 Å². The van der Waals surface area contributed by atoms with Gasteiger partial charge in [0, 0.05) is 33.0 Å². The van der Waals surface area contributed by atoms with Gasteiger partial charge in [-0.15, -0.1) is 0 Å². The highest BCUT2D eigenvalue weighted by Gasteiger charge is 2.41. The van der Waals surface area contributed by atoms with Crippen LogP contribution in [0, 0.1) is 5.41 Å². The van der Waals surface area contributed by atoms with E-state index in [2.05, 4.69) is 5.32 Å². The molecule has 0 aromatic carbocycles. The molecule has 0 spiro atoms. The summed E-state index contributed by atoms with van der Waals surface area (Å²) < 4.78 is 6.92. The van der Waals surface area contributed by atoms with Crippen molar-refractivity contribution in [3.8, 4) is 0 Å². The molecule has 2 N–H and O–H groups in total. The van der Waals surface area contributed by atoms with E-state index in [4.69, 9.17) is 9.84 Å². The molecule has 1 aromatic heterocycles. The Balaban J connectivity index is 1.87. The molecule has 2 rings (SSSR count). The Bertz CT molecular complexity index is 424. The van der Waals surface area contributed by atoms with E-state index < -0.39 is 0 Å². The molecule has 0 unspecified atom stereocenters. The van der Waals surface area contributed by atoms with Crippen LogP contribution in [0.15, 0.2) is 18.3 Å². The Morgan fingerprint density at radius 3 is 3.00 bits per heavy atom. The Hall–Kier alpha value is -1.33. The smallest absolute Gasteiger partial charge is 0.267 e. The van der Waals surface area contributed by atoms with Crippen LogP contribution < -0.4 is 5.32 Å². The van der Waals surface area contributed by atoms with Crippen LogP contribution in [0.2, 0.25) is 0 Å². The zero-order valence-corrected chi connectivity index (χ0v) is 11.4. The van der Waals surface area contributed by atoms with Crippen molar-refractivity contribution < 1.29 is 14.6 Å². The Labute approximate surface area is 113 Å². The predicted molar refractivity (Wildman–Crippen MR) is 72.0 cm³/mol. The van der Waals surface area contributed by atoms with Gasteiger partial charge in [0.15, 0.2) is 0 Å². The van der Waals surface area contributed by atoms with E-state index in [1.165, 1.54) is 0 Å². The minimum atomic E-state index is -0.0506. The van der Waals surface area contributed by atoms with Crippen molar-refractivity contribution in [1.82, 2.24) is 9.88 Å². The lowest BCUT2D eigenvalue weighted by molar-refractivity contribution is 0.0928. The molecule has 19 heavy (non-hydrogen) atoms. The number of hydrogen-bond acceptors (Lipinski definition) is 3. The molecular weight excluding hydrogens is 244 g/mol. The van der Waals surface area contributed by atoms with Crippen molar-refractivity contribution in [3.05, 3.63) is 24.0 Å². The van der Waals surface area contributed by atoms with E-state index in [0.717, 1.165) is 19.3 Å². The summed E-state index contributed by atoms with van der Waals surface area (Å²) >= 11 is 0. The first-order valence-electron chi connectivity index (χ1n) is 6.74. The first-order chi connectivity index (χ1) is 9.21. The third kappa shape index (κ3) is 3.58. The fraction of sp³-hybridized carbons (Fsp3) is 0.643. The monoisotopic (exact) mass is 266 g/mol. The number of nitrogens with one attached hydrogen (secondary N) is 1. The first-order valence-corrected chi connectivity index (χ1v) is 6.74. The fourth-order valence-corrected chi connectivity index (χ4v) is 2.29. The number of aliphatic hydroxyl groups excluding tert-OH is 1. The highest BCUT2D eigenvalue weighted by atomic mass is 16.5. The van der Waals surface area contributed by atoms with Crippen LogP contribution in [-0.2, 0) is 11.3 Å². The number of carbonyl (C=O) groups is 1. The summed E-state index contributed by atoms with van der Waals surface area (Å²) in [5.41, 5.74) is 0.811. The van der Waals surface area contributed by atoms with E-state index in [1.807, 2.05) is 22.9 Å². The van der Waals surface area contributed by atoms with E-state index in [9.17, 15) is 4.79 Å². The maximum atomic E-state index is 12.1. The van der Waals surface area contributed by atoms with Gasteiger partial charge in [-0.2, -0.15) is 0 Å². The van der Waals surface area contributed by atoms with Crippen LogP contribution in [0.4, 0.5) is 0 Å². The molecule has 0 aliphatic heterocycles. The van der Waals surface area contributed by atoms with Crippen LogP contribution in [0.1, 0.15) is 29.8 Å². The number of ether oxygens (including phenoxy) is 1. The van der Waals surface area contributed by atoms with Crippen LogP contribution in [0.3, 0.4) is 0 Å². The number of aliphatic hydroxyl groups is 1. The van der Waals surface area contributed by atoms with Gasteiger partial charge in [0.2, 0.25) is 0 Å². The van der Waals surface area contributed by atoms with E-state index >= 15 is 0 Å². The quantitative estimate of drug-likeness (QED) is 0.738. The van der Waals surface area contributed by atoms with Crippen molar-refractivity contribution in [3.63, 3.8) is 0 Å². The molecule has 0 bridgehead atoms. The lowest BCUT2D eigenvalue weighted by Crippen LogP contribution is -2.32. The summed E-state index contributed by atoms with van der Waals surface area (Å²) in [5.74, 6) is -0.0506. The molecule has 0 radical (unpaired) electrons. The van der Waals surface area contributed by atoms with Gasteiger partial charge >= 0.3 is 0 Å². The van der Waals surface area contributed by atoms with Crippen LogP contribution >= 0.6 is 0 Å². The molecule has 0 atom stereocenters. The van der Waals surface area contributed by atoms with Gasteiger partial charge in [-0.05, 0) is 36.8 Å². The molecule has 106 valence electrons. The molecule has 5 heteroatoms. The zero-order chi connectivity index (χ0) is 13.7. The molecule has 1 aromatic rings. The number of aromatic nitrogens is 1. The van der Waals surface area contributed by atoms with Gasteiger partial charge in [-0.3, -0.25) is 4.79 Å². The highest BCUT2D eigenvalue weighted by molar-refractivity contribution is 5.92. The van der Waals surface area contributed by atoms with Crippen LogP contribution in [-0.4, -0.2) is 42.4 Å². The average molecular weight is 266 g/mol. The van der Waals surface area contributed by atoms with Crippen LogP contribution in [0.25, 0.3) is 0 Å². The molecule has 0 saturated heterocycles. The molecule has 1 aliphatic rings. The van der Waals surface area contributed by atoms with Crippen molar-refractivity contribution in [2.45, 2.75) is 25.8 Å². The molecule has 1 fully saturated rings. The predicted octanol–water partition coefficient (Wildman–Crippen LogP) is 1.03. The van der Waals surface area contributed by atoms with Gasteiger partial charge in [0.1, 0.15) is 5.69 Å². The van der Waals surface area contributed by atoms with Gasteiger partial charge < -0.3 is 19.7 Å². The lowest BCUT2D eigenvalue weighted by Gasteiger charge is -2.15. The Morgan fingerprint density at radius 1 is 1.58 bits per heavy atom. The second kappa shape index (κ2) is 6.21. The molecule has 1 aliphatic carbocycles. The number of amides is 1. The van der Waals surface area contributed by atoms with Crippen molar-refractivity contribution >= 4 is 5.91 Å². The summed E-state index contributed by atoms with van der Waals surface area (Å²) in [6.07, 6.45) is 4.85. The molecular formula is C14H22N2O3. The van der Waals surface area contributed by atoms with Crippen molar-refractivity contribution in [2.24, 2.45) is 5.41 Å². The van der Waals surface area contributed by atoms with Gasteiger partial charge in [0.05, 0.1) is 6.61 Å². The van der Waals surface area contributed by atoms with E-state index in [0.29, 0.717) is 25.4 Å². The third-order valence-electron chi connectivity index (χ3n) is 3.82. The minimum Gasteiger partial charge on any atom is -0.396 e. The zero-order valence-electron chi connectivity index (χ0n) is 11.4. The summed E-state index contributed by atoms with van der Waals surface area (Å²) in [6.45, 7) is 2.11. The summed E-state index contributed by atoms with van der Waals surface area (Å²) in [6, 6.07) is 3.68. The van der Waals surface area contributed by atoms with Gasteiger partial charge in [-0.1, -0.05) is 0 Å². The average Bonchev–Trinajstić information content (AvgIpc) is 3.01. The lowest BCUT2D eigenvalue weighted by atomic mass is 10.0. The summed E-state index contributed by atoms with van der Waals surface area (Å²) in [7, 11) is 1.65. The fourth-order valence-electron chi connectivity index (χ4n) is 2.29. The van der Waals surface area contributed by atoms with Crippen molar-refractivity contribution in [1.29, 1.82) is 0 Å². The minimum absolute atomic E-state index is 0.0506. The summed E-state index contributed by atoms with van der Waals surface area (Å²) in [4.78, 5) is 12.1. The normalized spacial score (nSPS) is 16.3. The molecule has 1 heterocycles. The highest BCUT2D eigenvalue weighted by Crippen LogP contribution is 2.47. The molecule has 1 saturated carbocycles. The number of nitrogens with zero attached hydrogens (tertiary/aromatic N) is 1. The standard InChI is InChI=1S/C14H22N2O3/c1-19-10-8-16-7-2-3-12(16)13(18)15-11-14(4-5-14)6-9-17/h2-3,7,17H,4-6,8-11H2,1H3,(H,15,18). The maximum Gasteiger partial charge on any atom is 0.267 e. The number of methoxy groups -OCH3 is 1. The Morgan fingerprint density at radius 2 is 2.37 bits per heavy atom. The first kappa shape index (κ1) is 14.1. The van der Waals surface area contributed by atoms with Gasteiger partial charge in [-0.25, -0.2) is 0 Å². The molecule has 5 nitrogen and oxygen atoms in total. The number of rotatable bonds is 8. The topological polar surface area (TPSA) is 63.5 Å². The largest absolute Gasteiger partial charge is 0.396 e. The summed E-state index contributed by atoms with van der Waals surface area (Å²) in [5, 5.41) is 12.0. The molecule has 1 amide bonds. The third-order valence-corrected chi connectivity index (χ3v) is 3.82. The second-order valence-electron chi connectivity index (χ2n) is 5.24. The van der Waals surface area contributed by atoms with E-state index in [-0.39, 0.29) is 17.9 Å².